The van der Waals surface area contributed by atoms with Gasteiger partial charge < -0.3 is 0 Å². The molecule has 0 aliphatic rings. The van der Waals surface area contributed by atoms with Crippen LogP contribution in [0.3, 0.4) is 0 Å². The summed E-state index contributed by atoms with van der Waals surface area (Å²) in [5, 5.41) is 7.99. The van der Waals surface area contributed by atoms with Crippen molar-refractivity contribution in [2.24, 2.45) is 0 Å². The summed E-state index contributed by atoms with van der Waals surface area (Å²) in [5.74, 6) is 0.734. The molecule has 7 heteroatoms. The van der Waals surface area contributed by atoms with Crippen molar-refractivity contribution >= 4 is 11.6 Å². The molecule has 0 radical (unpaired) electrons. The van der Waals surface area contributed by atoms with Gasteiger partial charge in [-0.05, 0) is 35.7 Å². The van der Waals surface area contributed by atoms with E-state index in [0.717, 1.165) is 36.4 Å². The van der Waals surface area contributed by atoms with Gasteiger partial charge in [-0.1, -0.05) is 19.1 Å². The number of halogens is 4. The van der Waals surface area contributed by atoms with E-state index >= 15 is 0 Å². The van der Waals surface area contributed by atoms with Gasteiger partial charge in [-0.3, -0.25) is 4.57 Å². The lowest BCUT2D eigenvalue weighted by Gasteiger charge is -2.10. The molecule has 0 unspecified atom stereocenters. The van der Waals surface area contributed by atoms with Crippen molar-refractivity contribution in [3.8, 4) is 0 Å². The summed E-state index contributed by atoms with van der Waals surface area (Å²) in [6.07, 6.45) is -2.71. The molecule has 0 saturated heterocycles. The number of hydrogen-bond donors (Lipinski definition) is 0. The molecule has 1 heterocycles. The Kier molecular flexibility index (Phi) is 4.32. The number of hydrogen-bond acceptors (Lipinski definition) is 2. The van der Waals surface area contributed by atoms with E-state index in [0.29, 0.717) is 6.54 Å². The molecular formula is C13H13ClF3N3. The monoisotopic (exact) mass is 303 g/mol. The summed E-state index contributed by atoms with van der Waals surface area (Å²) < 4.78 is 39.1. The Morgan fingerprint density at radius 1 is 1.15 bits per heavy atom. The maximum atomic E-state index is 12.5. The smallest absolute Gasteiger partial charge is 0.297 e. The second-order valence-electron chi connectivity index (χ2n) is 4.42. The maximum absolute atomic E-state index is 12.5. The first kappa shape index (κ1) is 14.8. The van der Waals surface area contributed by atoms with Crippen LogP contribution in [-0.4, -0.2) is 14.8 Å². The molecule has 0 aliphatic heterocycles. The molecule has 1 aromatic heterocycles. The minimum absolute atomic E-state index is 0.244. The number of alkyl halides is 3. The Morgan fingerprint density at radius 3 is 2.35 bits per heavy atom. The number of nitrogens with zero attached hydrogens (tertiary/aromatic N) is 3. The van der Waals surface area contributed by atoms with Gasteiger partial charge in [-0.25, -0.2) is 0 Å². The summed E-state index contributed by atoms with van der Waals surface area (Å²) in [5.41, 5.74) is 0.0573. The molecule has 1 aromatic carbocycles. The van der Waals surface area contributed by atoms with Gasteiger partial charge in [0.1, 0.15) is 5.82 Å². The van der Waals surface area contributed by atoms with Crippen molar-refractivity contribution in [3.63, 3.8) is 0 Å². The van der Waals surface area contributed by atoms with Crippen LogP contribution in [0.15, 0.2) is 24.3 Å². The quantitative estimate of drug-likeness (QED) is 0.856. The Hall–Kier alpha value is -1.56. The highest BCUT2D eigenvalue weighted by molar-refractivity contribution is 6.28. The molecule has 108 valence electrons. The van der Waals surface area contributed by atoms with Crippen LogP contribution >= 0.6 is 11.6 Å². The maximum Gasteiger partial charge on any atom is 0.416 e. The molecule has 0 aliphatic carbocycles. The van der Waals surface area contributed by atoms with Crippen LogP contribution in [0, 0.1) is 0 Å². The Balaban J connectivity index is 2.20. The van der Waals surface area contributed by atoms with Crippen molar-refractivity contribution in [2.75, 3.05) is 0 Å². The van der Waals surface area contributed by atoms with Crippen LogP contribution in [0.4, 0.5) is 13.2 Å². The summed E-state index contributed by atoms with van der Waals surface area (Å²) in [6, 6.07) is 5.00. The van der Waals surface area contributed by atoms with E-state index < -0.39 is 11.7 Å². The molecule has 20 heavy (non-hydrogen) atoms. The lowest BCUT2D eigenvalue weighted by molar-refractivity contribution is -0.137. The molecule has 0 bridgehead atoms. The fourth-order valence-corrected chi connectivity index (χ4v) is 2.06. The molecule has 0 spiro atoms. The standard InChI is InChI=1S/C13H13ClF3N3/c1-2-3-11-18-19-12(14)20(11)8-9-4-6-10(7-5-9)13(15,16)17/h4-7H,2-3,8H2,1H3. The van der Waals surface area contributed by atoms with Crippen molar-refractivity contribution < 1.29 is 13.2 Å². The first-order valence-electron chi connectivity index (χ1n) is 6.15. The van der Waals surface area contributed by atoms with Gasteiger partial charge in [0, 0.05) is 6.42 Å². The largest absolute Gasteiger partial charge is 0.416 e. The van der Waals surface area contributed by atoms with Gasteiger partial charge in [0.2, 0.25) is 5.28 Å². The Morgan fingerprint density at radius 2 is 1.80 bits per heavy atom. The van der Waals surface area contributed by atoms with Crippen LogP contribution < -0.4 is 0 Å². The fourth-order valence-electron chi connectivity index (χ4n) is 1.86. The van der Waals surface area contributed by atoms with Gasteiger partial charge in [-0.2, -0.15) is 13.2 Å². The molecular weight excluding hydrogens is 291 g/mol. The molecule has 0 atom stereocenters. The van der Waals surface area contributed by atoms with E-state index in [4.69, 9.17) is 11.6 Å². The van der Waals surface area contributed by atoms with Crippen molar-refractivity contribution in [1.29, 1.82) is 0 Å². The number of aryl methyl sites for hydroxylation is 1. The third-order valence-corrected chi connectivity index (χ3v) is 3.16. The second kappa shape index (κ2) is 5.83. The number of rotatable bonds is 4. The van der Waals surface area contributed by atoms with Crippen LogP contribution in [0.2, 0.25) is 5.28 Å². The van der Waals surface area contributed by atoms with Crippen LogP contribution in [-0.2, 0) is 19.1 Å². The van der Waals surface area contributed by atoms with Gasteiger partial charge >= 0.3 is 6.18 Å². The summed E-state index contributed by atoms with van der Waals surface area (Å²) in [4.78, 5) is 0. The average molecular weight is 304 g/mol. The van der Waals surface area contributed by atoms with Crippen molar-refractivity contribution in [1.82, 2.24) is 14.8 Å². The van der Waals surface area contributed by atoms with E-state index in [2.05, 4.69) is 10.2 Å². The molecule has 0 fully saturated rings. The molecule has 2 rings (SSSR count). The van der Waals surface area contributed by atoms with Gasteiger partial charge in [0.05, 0.1) is 12.1 Å². The predicted molar refractivity (Wildman–Crippen MR) is 69.6 cm³/mol. The van der Waals surface area contributed by atoms with Crippen molar-refractivity contribution in [2.45, 2.75) is 32.5 Å². The zero-order chi connectivity index (χ0) is 14.8. The highest BCUT2D eigenvalue weighted by Gasteiger charge is 2.29. The van der Waals surface area contributed by atoms with Crippen LogP contribution in [0.25, 0.3) is 0 Å². The highest BCUT2D eigenvalue weighted by atomic mass is 35.5. The first-order chi connectivity index (χ1) is 9.41. The lowest BCUT2D eigenvalue weighted by Crippen LogP contribution is -2.07. The minimum atomic E-state index is -4.32. The van der Waals surface area contributed by atoms with Gasteiger partial charge in [-0.15, -0.1) is 10.2 Å². The predicted octanol–water partition coefficient (Wildman–Crippen LogP) is 3.95. The normalized spacial score (nSPS) is 11.8. The van der Waals surface area contributed by atoms with Gasteiger partial charge in [0.15, 0.2) is 0 Å². The zero-order valence-corrected chi connectivity index (χ0v) is 11.5. The highest BCUT2D eigenvalue weighted by Crippen LogP contribution is 2.29. The minimum Gasteiger partial charge on any atom is -0.297 e. The molecule has 0 saturated carbocycles. The summed E-state index contributed by atoms with van der Waals surface area (Å²) >= 11 is 5.94. The molecule has 2 aromatic rings. The second-order valence-corrected chi connectivity index (χ2v) is 4.75. The number of aromatic nitrogens is 3. The Bertz CT molecular complexity index is 576. The third-order valence-electron chi connectivity index (χ3n) is 2.88. The third kappa shape index (κ3) is 3.30. The lowest BCUT2D eigenvalue weighted by atomic mass is 10.1. The van der Waals surface area contributed by atoms with E-state index in [1.807, 2.05) is 6.92 Å². The first-order valence-corrected chi connectivity index (χ1v) is 6.53. The zero-order valence-electron chi connectivity index (χ0n) is 10.8. The topological polar surface area (TPSA) is 30.7 Å². The van der Waals surface area contributed by atoms with E-state index in [1.165, 1.54) is 12.1 Å². The summed E-state index contributed by atoms with van der Waals surface area (Å²) in [7, 11) is 0. The molecule has 0 N–H and O–H groups in total. The van der Waals surface area contributed by atoms with Crippen LogP contribution in [0.5, 0.6) is 0 Å². The SMILES string of the molecule is CCCc1nnc(Cl)n1Cc1ccc(C(F)(F)F)cc1. The molecule has 0 amide bonds. The van der Waals surface area contributed by atoms with Gasteiger partial charge in [0.25, 0.3) is 0 Å². The summed E-state index contributed by atoms with van der Waals surface area (Å²) in [6.45, 7) is 2.37. The van der Waals surface area contributed by atoms with E-state index in [-0.39, 0.29) is 5.28 Å². The van der Waals surface area contributed by atoms with Crippen molar-refractivity contribution in [3.05, 3.63) is 46.5 Å². The van der Waals surface area contributed by atoms with Crippen LogP contribution in [0.1, 0.15) is 30.3 Å². The fraction of sp³-hybridized carbons (Fsp3) is 0.385. The average Bonchev–Trinajstić information content (AvgIpc) is 2.72. The van der Waals surface area contributed by atoms with E-state index in [1.54, 1.807) is 4.57 Å². The number of benzene rings is 1. The molecule has 3 nitrogen and oxygen atoms in total. The Labute approximate surface area is 119 Å². The van der Waals surface area contributed by atoms with E-state index in [9.17, 15) is 13.2 Å².